The second-order valence-electron chi connectivity index (χ2n) is 9.03. The molecule has 2 atom stereocenters. The number of ether oxygens (including phenoxy) is 1. The number of carbonyl (C=O) groups is 2. The van der Waals surface area contributed by atoms with Crippen LogP contribution in [0.25, 0.3) is 0 Å². The van der Waals surface area contributed by atoms with Crippen LogP contribution in [0.2, 0.25) is 10.0 Å². The zero-order chi connectivity index (χ0) is 24.4. The molecule has 2 unspecified atom stereocenters. The molecule has 1 heterocycles. The van der Waals surface area contributed by atoms with Gasteiger partial charge < -0.3 is 19.6 Å². The van der Waals surface area contributed by atoms with Gasteiger partial charge in [0.2, 0.25) is 5.91 Å². The number of nitrogens with zero attached hydrogens (tertiary/aromatic N) is 2. The van der Waals surface area contributed by atoms with Gasteiger partial charge in [-0.15, -0.1) is 0 Å². The lowest BCUT2D eigenvalue weighted by Gasteiger charge is -2.29. The number of hydrogen-bond donors (Lipinski definition) is 1. The maximum atomic E-state index is 13.3. The van der Waals surface area contributed by atoms with Gasteiger partial charge in [-0.25, -0.2) is 9.18 Å². The molecular weight excluding hydrogens is 482 g/mol. The number of hydrogen-bond acceptors (Lipinski definition) is 4. The number of aliphatic hydroxyl groups excluding tert-OH is 1. The number of likely N-dealkylation sites (tertiary alicyclic amines) is 1. The molecule has 2 fully saturated rings. The zero-order valence-electron chi connectivity index (χ0n) is 18.8. The fraction of sp³-hybridized carbons (Fsp3) is 0.440. The maximum Gasteiger partial charge on any atom is 0.415 e. The summed E-state index contributed by atoms with van der Waals surface area (Å²) >= 11 is 12.4. The van der Waals surface area contributed by atoms with Crippen LogP contribution < -0.4 is 4.74 Å². The molecule has 34 heavy (non-hydrogen) atoms. The molecule has 0 aromatic heterocycles. The van der Waals surface area contributed by atoms with Crippen LogP contribution in [0.3, 0.4) is 0 Å². The second-order valence-corrected chi connectivity index (χ2v) is 9.84. The molecule has 0 spiro atoms. The van der Waals surface area contributed by atoms with Gasteiger partial charge in [0.25, 0.3) is 0 Å². The number of carbonyl (C=O) groups excluding carboxylic acids is 2. The number of aliphatic hydroxyl groups is 1. The van der Waals surface area contributed by atoms with E-state index in [-0.39, 0.29) is 35.6 Å². The Morgan fingerprint density at radius 3 is 2.35 bits per heavy atom. The lowest BCUT2D eigenvalue weighted by atomic mass is 9.86. The summed E-state index contributed by atoms with van der Waals surface area (Å²) in [6.45, 7) is 0.770. The fourth-order valence-corrected chi connectivity index (χ4v) is 5.13. The Morgan fingerprint density at radius 1 is 1.03 bits per heavy atom. The van der Waals surface area contributed by atoms with Gasteiger partial charge in [-0.1, -0.05) is 29.3 Å². The molecule has 4 rings (SSSR count). The highest BCUT2D eigenvalue weighted by molar-refractivity contribution is 6.42. The van der Waals surface area contributed by atoms with Crippen molar-refractivity contribution in [3.05, 3.63) is 63.9 Å². The van der Waals surface area contributed by atoms with E-state index in [4.69, 9.17) is 27.9 Å². The minimum atomic E-state index is -0.600. The Kier molecular flexibility index (Phi) is 7.65. The van der Waals surface area contributed by atoms with E-state index in [2.05, 4.69) is 0 Å². The summed E-state index contributed by atoms with van der Waals surface area (Å²) in [6, 6.07) is 10.2. The number of rotatable bonds is 4. The SMILES string of the molecule is CN(C(=O)Oc1ccc(F)cc1)C1CN(C(=O)C2CCC(O)CC2)CC1c1ccc(Cl)c(Cl)c1. The average Bonchev–Trinajstić information content (AvgIpc) is 3.27. The van der Waals surface area contributed by atoms with E-state index in [0.717, 1.165) is 5.56 Å². The Balaban J connectivity index is 1.54. The summed E-state index contributed by atoms with van der Waals surface area (Å²) in [5.74, 6) is -0.476. The summed E-state index contributed by atoms with van der Waals surface area (Å²) in [5, 5.41) is 10.6. The molecule has 2 aromatic carbocycles. The first-order valence-electron chi connectivity index (χ1n) is 11.3. The summed E-state index contributed by atoms with van der Waals surface area (Å²) < 4.78 is 18.6. The first-order valence-corrected chi connectivity index (χ1v) is 12.1. The predicted octanol–water partition coefficient (Wildman–Crippen LogP) is 5.11. The molecule has 1 N–H and O–H groups in total. The topological polar surface area (TPSA) is 70.1 Å². The van der Waals surface area contributed by atoms with E-state index < -0.39 is 11.9 Å². The van der Waals surface area contributed by atoms with Crippen molar-refractivity contribution in [2.45, 2.75) is 43.7 Å². The maximum absolute atomic E-state index is 13.3. The summed E-state index contributed by atoms with van der Waals surface area (Å²) in [4.78, 5) is 29.5. The van der Waals surface area contributed by atoms with Crippen LogP contribution in [0.4, 0.5) is 9.18 Å². The summed E-state index contributed by atoms with van der Waals surface area (Å²) in [7, 11) is 1.63. The monoisotopic (exact) mass is 508 g/mol. The average molecular weight is 509 g/mol. The molecule has 1 aliphatic carbocycles. The molecule has 0 radical (unpaired) electrons. The van der Waals surface area contributed by atoms with Crippen LogP contribution in [0.5, 0.6) is 5.75 Å². The van der Waals surface area contributed by atoms with Crippen LogP contribution in [0.15, 0.2) is 42.5 Å². The van der Waals surface area contributed by atoms with E-state index in [0.29, 0.717) is 48.8 Å². The number of likely N-dealkylation sites (N-methyl/N-ethyl adjacent to an activating group) is 1. The van der Waals surface area contributed by atoms with Crippen LogP contribution in [0.1, 0.15) is 37.2 Å². The van der Waals surface area contributed by atoms with Gasteiger partial charge >= 0.3 is 6.09 Å². The minimum Gasteiger partial charge on any atom is -0.410 e. The summed E-state index contributed by atoms with van der Waals surface area (Å²) in [5.41, 5.74) is 0.871. The summed E-state index contributed by atoms with van der Waals surface area (Å²) in [6.07, 6.45) is 1.60. The van der Waals surface area contributed by atoms with Gasteiger partial charge in [0, 0.05) is 32.0 Å². The molecule has 6 nitrogen and oxygen atoms in total. The van der Waals surface area contributed by atoms with Crippen LogP contribution >= 0.6 is 23.2 Å². The lowest BCUT2D eigenvalue weighted by Crippen LogP contribution is -2.44. The minimum absolute atomic E-state index is 0.0414. The Bertz CT molecular complexity index is 1040. The largest absolute Gasteiger partial charge is 0.415 e. The van der Waals surface area contributed by atoms with E-state index >= 15 is 0 Å². The van der Waals surface area contributed by atoms with Crippen molar-refractivity contribution in [2.75, 3.05) is 20.1 Å². The Hall–Kier alpha value is -2.35. The molecule has 2 amide bonds. The van der Waals surface area contributed by atoms with E-state index in [1.807, 2.05) is 6.07 Å². The van der Waals surface area contributed by atoms with Crippen LogP contribution in [0, 0.1) is 11.7 Å². The molecular formula is C25H27Cl2FN2O4. The van der Waals surface area contributed by atoms with Crippen molar-refractivity contribution in [3.8, 4) is 5.75 Å². The normalized spacial score (nSPS) is 24.7. The van der Waals surface area contributed by atoms with Crippen LogP contribution in [-0.2, 0) is 4.79 Å². The first-order chi connectivity index (χ1) is 16.2. The van der Waals surface area contributed by atoms with Crippen molar-refractivity contribution >= 4 is 35.2 Å². The highest BCUT2D eigenvalue weighted by atomic mass is 35.5. The molecule has 2 aliphatic rings. The third-order valence-corrected chi connectivity index (χ3v) is 7.56. The standard InChI is InChI=1S/C25H27Cl2FN2O4/c1-29(25(33)34-19-9-5-17(28)6-10-19)23-14-30(24(32)15-2-7-18(31)8-3-15)13-20(23)16-4-11-21(26)22(27)12-16/h4-6,9-12,15,18,20,23,31H,2-3,7-8,13-14H2,1H3. The number of amides is 2. The lowest BCUT2D eigenvalue weighted by molar-refractivity contribution is -0.136. The number of benzene rings is 2. The third kappa shape index (κ3) is 5.48. The Labute approximate surface area is 208 Å². The quantitative estimate of drug-likeness (QED) is 0.622. The smallest absolute Gasteiger partial charge is 0.410 e. The van der Waals surface area contributed by atoms with Gasteiger partial charge in [-0.05, 0) is 67.6 Å². The highest BCUT2D eigenvalue weighted by Crippen LogP contribution is 2.36. The zero-order valence-corrected chi connectivity index (χ0v) is 20.3. The van der Waals surface area contributed by atoms with Crippen molar-refractivity contribution in [2.24, 2.45) is 5.92 Å². The van der Waals surface area contributed by atoms with Gasteiger partial charge in [-0.3, -0.25) is 4.79 Å². The Morgan fingerprint density at radius 2 is 1.71 bits per heavy atom. The van der Waals surface area contributed by atoms with Crippen molar-refractivity contribution < 1.29 is 23.8 Å². The van der Waals surface area contributed by atoms with Crippen molar-refractivity contribution in [3.63, 3.8) is 0 Å². The first kappa shape index (κ1) is 24.8. The predicted molar refractivity (Wildman–Crippen MR) is 128 cm³/mol. The molecule has 9 heteroatoms. The molecule has 1 aliphatic heterocycles. The molecule has 1 saturated heterocycles. The molecule has 1 saturated carbocycles. The van der Waals surface area contributed by atoms with Crippen molar-refractivity contribution in [1.82, 2.24) is 9.80 Å². The molecule has 0 bridgehead atoms. The second kappa shape index (κ2) is 10.5. The van der Waals surface area contributed by atoms with E-state index in [1.165, 1.54) is 29.2 Å². The van der Waals surface area contributed by atoms with Gasteiger partial charge in [0.15, 0.2) is 0 Å². The van der Waals surface area contributed by atoms with Crippen molar-refractivity contribution in [1.29, 1.82) is 0 Å². The fourth-order valence-electron chi connectivity index (χ4n) is 4.82. The molecule has 2 aromatic rings. The van der Waals surface area contributed by atoms with E-state index in [9.17, 15) is 19.1 Å². The highest BCUT2D eigenvalue weighted by Gasteiger charge is 2.42. The van der Waals surface area contributed by atoms with Crippen LogP contribution in [-0.4, -0.2) is 59.2 Å². The number of halogens is 3. The van der Waals surface area contributed by atoms with E-state index in [1.54, 1.807) is 24.1 Å². The van der Waals surface area contributed by atoms with Gasteiger partial charge in [0.1, 0.15) is 11.6 Å². The molecule has 182 valence electrons. The van der Waals surface area contributed by atoms with Gasteiger partial charge in [0.05, 0.1) is 22.2 Å². The third-order valence-electron chi connectivity index (χ3n) is 6.82. The van der Waals surface area contributed by atoms with Gasteiger partial charge in [-0.2, -0.15) is 0 Å².